The fraction of sp³-hybridized carbons (Fsp3) is 0.429. The molecule has 2 N–H and O–H groups in total. The van der Waals surface area contributed by atoms with Gasteiger partial charge in [-0.1, -0.05) is 25.7 Å². The minimum Gasteiger partial charge on any atom is -0.493 e. The predicted molar refractivity (Wildman–Crippen MR) is 75.5 cm³/mol. The van der Waals surface area contributed by atoms with Crippen LogP contribution < -0.4 is 10.5 Å². The van der Waals surface area contributed by atoms with E-state index in [1.807, 2.05) is 36.0 Å². The zero-order valence-electron chi connectivity index (χ0n) is 10.4. The van der Waals surface area contributed by atoms with Gasteiger partial charge >= 0.3 is 0 Å². The lowest BCUT2D eigenvalue weighted by atomic mass is 10.2. The van der Waals surface area contributed by atoms with Crippen molar-refractivity contribution in [1.82, 2.24) is 0 Å². The van der Waals surface area contributed by atoms with E-state index in [4.69, 9.17) is 10.5 Å². The zero-order chi connectivity index (χ0) is 12.5. The van der Waals surface area contributed by atoms with Gasteiger partial charge < -0.3 is 10.5 Å². The Hall–Kier alpha value is -1.11. The van der Waals surface area contributed by atoms with Crippen molar-refractivity contribution in [3.05, 3.63) is 29.8 Å². The normalized spacial score (nSPS) is 9.88. The van der Waals surface area contributed by atoms with Crippen LogP contribution in [0.5, 0.6) is 5.75 Å². The third kappa shape index (κ3) is 6.25. The molecule has 0 bridgehead atoms. The van der Waals surface area contributed by atoms with E-state index in [1.54, 1.807) is 0 Å². The second-order valence-electron chi connectivity index (χ2n) is 3.80. The molecule has 0 fully saturated rings. The highest BCUT2D eigenvalue weighted by Gasteiger charge is 1.96. The van der Waals surface area contributed by atoms with Crippen molar-refractivity contribution in [1.29, 1.82) is 0 Å². The lowest BCUT2D eigenvalue weighted by Crippen LogP contribution is -2.02. The van der Waals surface area contributed by atoms with Gasteiger partial charge in [0.2, 0.25) is 0 Å². The van der Waals surface area contributed by atoms with E-state index >= 15 is 0 Å². The fourth-order valence-corrected chi connectivity index (χ4v) is 1.88. The standard InChI is InChI=1S/C14H19NOS/c1-12(2)17-11-10-16-14-7-5-13(6-8-14)4-3-9-15/h5-8,12H,9-11,15H2,1-2H3. The first-order valence-corrected chi connectivity index (χ1v) is 6.80. The highest BCUT2D eigenvalue weighted by atomic mass is 32.2. The number of benzene rings is 1. The first kappa shape index (κ1) is 14.0. The smallest absolute Gasteiger partial charge is 0.119 e. The molecule has 3 heteroatoms. The van der Waals surface area contributed by atoms with E-state index in [1.165, 1.54) is 0 Å². The van der Waals surface area contributed by atoms with Crippen molar-refractivity contribution in [2.75, 3.05) is 18.9 Å². The predicted octanol–water partition coefficient (Wildman–Crippen LogP) is 2.52. The summed E-state index contributed by atoms with van der Waals surface area (Å²) in [6.07, 6.45) is 0. The Morgan fingerprint density at radius 3 is 2.59 bits per heavy atom. The maximum Gasteiger partial charge on any atom is 0.119 e. The molecule has 1 aromatic rings. The SMILES string of the molecule is CC(C)SCCOc1ccc(C#CCN)cc1. The van der Waals surface area contributed by atoms with Crippen LogP contribution in [0.15, 0.2) is 24.3 Å². The maximum atomic E-state index is 5.62. The molecule has 0 aliphatic carbocycles. The molecule has 0 saturated carbocycles. The molecule has 1 rings (SSSR count). The first-order chi connectivity index (χ1) is 8.22. The van der Waals surface area contributed by atoms with Gasteiger partial charge in [0, 0.05) is 11.3 Å². The Labute approximate surface area is 108 Å². The van der Waals surface area contributed by atoms with Crippen LogP contribution in [0.1, 0.15) is 19.4 Å². The van der Waals surface area contributed by atoms with Crippen LogP contribution >= 0.6 is 11.8 Å². The van der Waals surface area contributed by atoms with Gasteiger partial charge in [-0.15, -0.1) is 0 Å². The summed E-state index contributed by atoms with van der Waals surface area (Å²) in [6, 6.07) is 7.79. The topological polar surface area (TPSA) is 35.2 Å². The molecule has 0 aromatic heterocycles. The highest BCUT2D eigenvalue weighted by Crippen LogP contribution is 2.13. The third-order valence-electron chi connectivity index (χ3n) is 1.99. The number of ether oxygens (including phenoxy) is 1. The van der Waals surface area contributed by atoms with Gasteiger partial charge in [0.1, 0.15) is 5.75 Å². The number of rotatable bonds is 5. The summed E-state index contributed by atoms with van der Waals surface area (Å²) in [5.41, 5.74) is 6.28. The molecule has 0 spiro atoms. The van der Waals surface area contributed by atoms with Crippen molar-refractivity contribution in [3.63, 3.8) is 0 Å². The molecule has 0 saturated heterocycles. The summed E-state index contributed by atoms with van der Waals surface area (Å²) < 4.78 is 5.62. The van der Waals surface area contributed by atoms with Gasteiger partial charge in [-0.25, -0.2) is 0 Å². The average molecular weight is 249 g/mol. The lowest BCUT2D eigenvalue weighted by molar-refractivity contribution is 0.344. The molecule has 0 heterocycles. The Kier molecular flexibility index (Phi) is 6.61. The van der Waals surface area contributed by atoms with Crippen molar-refractivity contribution in [3.8, 4) is 17.6 Å². The summed E-state index contributed by atoms with van der Waals surface area (Å²) in [5, 5.41) is 0.660. The van der Waals surface area contributed by atoms with E-state index in [-0.39, 0.29) is 0 Å². The van der Waals surface area contributed by atoms with Crippen LogP contribution in [0.25, 0.3) is 0 Å². The van der Waals surface area contributed by atoms with E-state index < -0.39 is 0 Å². The largest absolute Gasteiger partial charge is 0.493 e. The van der Waals surface area contributed by atoms with Crippen LogP contribution in [0.2, 0.25) is 0 Å². The summed E-state index contributed by atoms with van der Waals surface area (Å²) >= 11 is 1.90. The summed E-state index contributed by atoms with van der Waals surface area (Å²) in [6.45, 7) is 5.52. The van der Waals surface area contributed by atoms with E-state index in [0.29, 0.717) is 11.8 Å². The summed E-state index contributed by atoms with van der Waals surface area (Å²) in [7, 11) is 0. The number of hydrogen-bond acceptors (Lipinski definition) is 3. The Morgan fingerprint density at radius 1 is 1.29 bits per heavy atom. The molecule has 0 atom stereocenters. The first-order valence-electron chi connectivity index (χ1n) is 5.76. The number of hydrogen-bond donors (Lipinski definition) is 1. The molecule has 92 valence electrons. The number of thioether (sulfide) groups is 1. The molecule has 0 aliphatic heterocycles. The van der Waals surface area contributed by atoms with Crippen LogP contribution in [0.3, 0.4) is 0 Å². The highest BCUT2D eigenvalue weighted by molar-refractivity contribution is 7.99. The third-order valence-corrected chi connectivity index (χ3v) is 3.06. The van der Waals surface area contributed by atoms with Gasteiger partial charge in [0.15, 0.2) is 0 Å². The van der Waals surface area contributed by atoms with Crippen LogP contribution in [0, 0.1) is 11.8 Å². The van der Waals surface area contributed by atoms with Crippen LogP contribution in [-0.2, 0) is 0 Å². The van der Waals surface area contributed by atoms with Gasteiger partial charge in [-0.05, 0) is 29.5 Å². The Bertz CT molecular complexity index is 375. The number of nitrogens with two attached hydrogens (primary N) is 1. The van der Waals surface area contributed by atoms with E-state index in [2.05, 4.69) is 25.7 Å². The molecular formula is C14H19NOS. The van der Waals surface area contributed by atoms with Gasteiger partial charge in [0.05, 0.1) is 13.2 Å². The minimum absolute atomic E-state index is 0.394. The van der Waals surface area contributed by atoms with Gasteiger partial charge in [-0.2, -0.15) is 11.8 Å². The molecule has 0 unspecified atom stereocenters. The Balaban J connectivity index is 2.35. The van der Waals surface area contributed by atoms with Crippen molar-refractivity contribution in [2.24, 2.45) is 5.73 Å². The molecule has 0 aliphatic rings. The quantitative estimate of drug-likeness (QED) is 0.643. The van der Waals surface area contributed by atoms with Crippen molar-refractivity contribution >= 4 is 11.8 Å². The van der Waals surface area contributed by atoms with E-state index in [0.717, 1.165) is 23.7 Å². The maximum absolute atomic E-state index is 5.62. The summed E-state index contributed by atoms with van der Waals surface area (Å²) in [4.78, 5) is 0. The van der Waals surface area contributed by atoms with Crippen molar-refractivity contribution < 1.29 is 4.74 Å². The van der Waals surface area contributed by atoms with Gasteiger partial charge in [0.25, 0.3) is 0 Å². The molecule has 0 amide bonds. The Morgan fingerprint density at radius 2 is 2.00 bits per heavy atom. The second kappa shape index (κ2) is 8.05. The minimum atomic E-state index is 0.394. The summed E-state index contributed by atoms with van der Waals surface area (Å²) in [5.74, 6) is 7.72. The second-order valence-corrected chi connectivity index (χ2v) is 5.48. The fourth-order valence-electron chi connectivity index (χ4n) is 1.23. The average Bonchev–Trinajstić information content (AvgIpc) is 2.33. The molecular weight excluding hydrogens is 230 g/mol. The molecule has 1 aromatic carbocycles. The molecule has 0 radical (unpaired) electrons. The monoisotopic (exact) mass is 249 g/mol. The molecule has 17 heavy (non-hydrogen) atoms. The van der Waals surface area contributed by atoms with Crippen LogP contribution in [0.4, 0.5) is 0 Å². The van der Waals surface area contributed by atoms with Crippen LogP contribution in [-0.4, -0.2) is 24.2 Å². The van der Waals surface area contributed by atoms with Gasteiger partial charge in [-0.3, -0.25) is 0 Å². The zero-order valence-corrected chi connectivity index (χ0v) is 11.2. The van der Waals surface area contributed by atoms with Crippen molar-refractivity contribution in [2.45, 2.75) is 19.1 Å². The molecule has 2 nitrogen and oxygen atoms in total. The van der Waals surface area contributed by atoms with E-state index in [9.17, 15) is 0 Å². The lowest BCUT2D eigenvalue weighted by Gasteiger charge is -2.07.